The fourth-order valence-electron chi connectivity index (χ4n) is 3.97. The van der Waals surface area contributed by atoms with E-state index < -0.39 is 23.5 Å². The summed E-state index contributed by atoms with van der Waals surface area (Å²) in [6.45, 7) is 4.88. The van der Waals surface area contributed by atoms with Gasteiger partial charge in [0.1, 0.15) is 6.61 Å². The molecule has 0 spiro atoms. The maximum Gasteiger partial charge on any atom is 0.508 e. The van der Waals surface area contributed by atoms with Crippen LogP contribution >= 0.6 is 0 Å². The molecule has 0 N–H and O–H groups in total. The Morgan fingerprint density at radius 1 is 0.719 bits per heavy atom. The smallest absolute Gasteiger partial charge is 0.465 e. The van der Waals surface area contributed by atoms with E-state index in [-0.39, 0.29) is 32.0 Å². The van der Waals surface area contributed by atoms with Gasteiger partial charge in [-0.1, -0.05) is 54.6 Å². The van der Waals surface area contributed by atoms with E-state index in [1.165, 1.54) is 0 Å². The van der Waals surface area contributed by atoms with Crippen molar-refractivity contribution in [2.45, 2.75) is 26.2 Å². The molecular weight excluding hydrogens is 412 g/mol. The molecule has 7 nitrogen and oxygen atoms in total. The highest BCUT2D eigenvalue weighted by Crippen LogP contribution is 2.50. The third-order valence-corrected chi connectivity index (χ3v) is 5.18. The summed E-state index contributed by atoms with van der Waals surface area (Å²) in [7, 11) is 0. The van der Waals surface area contributed by atoms with Crippen LogP contribution in [0.4, 0.5) is 4.79 Å². The van der Waals surface area contributed by atoms with Gasteiger partial charge >= 0.3 is 18.1 Å². The zero-order valence-electron chi connectivity index (χ0n) is 18.4. The van der Waals surface area contributed by atoms with Crippen molar-refractivity contribution in [3.05, 3.63) is 76.9 Å². The van der Waals surface area contributed by atoms with E-state index in [1.807, 2.05) is 42.5 Å². The quantitative estimate of drug-likeness (QED) is 0.349. The largest absolute Gasteiger partial charge is 0.508 e. The maximum atomic E-state index is 13.5. The predicted octanol–water partition coefficient (Wildman–Crippen LogP) is 4.04. The number of fused-ring (bicyclic) bond motifs is 1. The molecule has 1 aliphatic carbocycles. The van der Waals surface area contributed by atoms with E-state index in [0.29, 0.717) is 16.7 Å². The zero-order valence-corrected chi connectivity index (χ0v) is 18.4. The number of esters is 2. The number of hydrogen-bond donors (Lipinski definition) is 0. The third kappa shape index (κ3) is 3.98. The van der Waals surface area contributed by atoms with Crippen molar-refractivity contribution in [1.82, 2.24) is 0 Å². The van der Waals surface area contributed by atoms with Gasteiger partial charge in [-0.15, -0.1) is 0 Å². The standard InChI is InChI=1S/C25H26O7/c1-4-29-22(26)25(23(27)30-5-2)19-15-11-10-14-18(19)21(17-12-8-7-9-13-17)20(25)16-32-24(28)31-6-3/h7-15H,4-6,16H2,1-3H3. The molecule has 0 heterocycles. The van der Waals surface area contributed by atoms with Crippen LogP contribution in [0.1, 0.15) is 37.5 Å². The molecule has 0 atom stereocenters. The van der Waals surface area contributed by atoms with Gasteiger partial charge in [-0.3, -0.25) is 9.59 Å². The van der Waals surface area contributed by atoms with Gasteiger partial charge in [0.15, 0.2) is 0 Å². The van der Waals surface area contributed by atoms with Gasteiger partial charge < -0.3 is 18.9 Å². The Kier molecular flexibility index (Phi) is 7.30. The van der Waals surface area contributed by atoms with Crippen molar-refractivity contribution in [3.8, 4) is 0 Å². The van der Waals surface area contributed by atoms with Crippen LogP contribution in [-0.4, -0.2) is 44.5 Å². The van der Waals surface area contributed by atoms with Gasteiger partial charge in [0, 0.05) is 5.57 Å². The van der Waals surface area contributed by atoms with Crippen molar-refractivity contribution in [2.75, 3.05) is 26.4 Å². The first-order chi connectivity index (χ1) is 15.5. The molecule has 7 heteroatoms. The minimum atomic E-state index is -1.90. The Balaban J connectivity index is 2.32. The summed E-state index contributed by atoms with van der Waals surface area (Å²) in [6, 6.07) is 16.4. The van der Waals surface area contributed by atoms with Crippen LogP contribution in [0.5, 0.6) is 0 Å². The third-order valence-electron chi connectivity index (χ3n) is 5.18. The maximum absolute atomic E-state index is 13.5. The highest BCUT2D eigenvalue weighted by atomic mass is 16.7. The SMILES string of the molecule is CCOC(=O)OCC1=C(c2ccccc2)c2ccccc2C1(C(=O)OCC)C(=O)OCC. The minimum Gasteiger partial charge on any atom is -0.465 e. The summed E-state index contributed by atoms with van der Waals surface area (Å²) in [4.78, 5) is 39.0. The van der Waals surface area contributed by atoms with Crippen LogP contribution in [0, 0.1) is 0 Å². The molecule has 2 aromatic carbocycles. The lowest BCUT2D eigenvalue weighted by Gasteiger charge is -2.29. The molecular formula is C25H26O7. The van der Waals surface area contributed by atoms with Gasteiger partial charge in [0.2, 0.25) is 5.41 Å². The molecule has 0 unspecified atom stereocenters. The van der Waals surface area contributed by atoms with Gasteiger partial charge in [-0.2, -0.15) is 0 Å². The second kappa shape index (κ2) is 10.1. The average Bonchev–Trinajstić information content (AvgIpc) is 3.10. The van der Waals surface area contributed by atoms with Crippen LogP contribution in [0.2, 0.25) is 0 Å². The summed E-state index contributed by atoms with van der Waals surface area (Å²) in [6.07, 6.45) is -0.898. The molecule has 0 saturated carbocycles. The first kappa shape index (κ1) is 23.1. The monoisotopic (exact) mass is 438 g/mol. The molecule has 0 fully saturated rings. The number of hydrogen-bond acceptors (Lipinski definition) is 7. The van der Waals surface area contributed by atoms with Gasteiger partial charge in [-0.25, -0.2) is 4.79 Å². The molecule has 168 valence electrons. The summed E-state index contributed by atoms with van der Waals surface area (Å²) >= 11 is 0. The molecule has 2 aromatic rings. The number of carbonyl (C=O) groups is 3. The number of ether oxygens (including phenoxy) is 4. The Bertz CT molecular complexity index is 1010. The van der Waals surface area contributed by atoms with Gasteiger partial charge in [0.05, 0.1) is 19.8 Å². The fraction of sp³-hybridized carbons (Fsp3) is 0.320. The summed E-state index contributed by atoms with van der Waals surface area (Å²) in [5.41, 5.74) is 0.847. The highest BCUT2D eigenvalue weighted by molar-refractivity contribution is 6.16. The molecule has 3 rings (SSSR count). The number of rotatable bonds is 8. The summed E-state index contributed by atoms with van der Waals surface area (Å²) in [5.74, 6) is -1.56. The van der Waals surface area contributed by atoms with Crippen molar-refractivity contribution in [3.63, 3.8) is 0 Å². The first-order valence-corrected chi connectivity index (χ1v) is 10.5. The number of carbonyl (C=O) groups excluding carboxylic acids is 3. The fourth-order valence-corrected chi connectivity index (χ4v) is 3.97. The zero-order chi connectivity index (χ0) is 23.1. The van der Waals surface area contributed by atoms with Crippen molar-refractivity contribution < 1.29 is 33.3 Å². The van der Waals surface area contributed by atoms with Crippen LogP contribution < -0.4 is 0 Å². The molecule has 0 aromatic heterocycles. The number of benzene rings is 2. The minimum absolute atomic E-state index is 0.0643. The summed E-state index contributed by atoms with van der Waals surface area (Å²) < 4.78 is 21.0. The lowest BCUT2D eigenvalue weighted by atomic mass is 9.77. The molecule has 0 bridgehead atoms. The average molecular weight is 438 g/mol. The Morgan fingerprint density at radius 2 is 1.28 bits per heavy atom. The Hall–Kier alpha value is -3.61. The predicted molar refractivity (Wildman–Crippen MR) is 117 cm³/mol. The molecule has 32 heavy (non-hydrogen) atoms. The molecule has 0 radical (unpaired) electrons. The van der Waals surface area contributed by atoms with E-state index in [4.69, 9.17) is 18.9 Å². The van der Waals surface area contributed by atoms with Gasteiger partial charge in [-0.05, 0) is 43.0 Å². The van der Waals surface area contributed by atoms with E-state index in [1.54, 1.807) is 32.9 Å². The van der Waals surface area contributed by atoms with Crippen LogP contribution in [0.15, 0.2) is 60.2 Å². The molecule has 1 aliphatic rings. The molecule has 0 saturated heterocycles. The Morgan fingerprint density at radius 3 is 1.88 bits per heavy atom. The first-order valence-electron chi connectivity index (χ1n) is 10.5. The molecule has 0 amide bonds. The van der Waals surface area contributed by atoms with E-state index in [2.05, 4.69) is 0 Å². The van der Waals surface area contributed by atoms with Crippen molar-refractivity contribution in [2.24, 2.45) is 0 Å². The second-order valence-corrected chi connectivity index (χ2v) is 6.93. The van der Waals surface area contributed by atoms with E-state index in [0.717, 1.165) is 5.56 Å². The van der Waals surface area contributed by atoms with Gasteiger partial charge in [0.25, 0.3) is 0 Å². The van der Waals surface area contributed by atoms with Crippen molar-refractivity contribution in [1.29, 1.82) is 0 Å². The highest BCUT2D eigenvalue weighted by Gasteiger charge is 2.59. The van der Waals surface area contributed by atoms with Crippen LogP contribution in [0.25, 0.3) is 5.57 Å². The van der Waals surface area contributed by atoms with Crippen molar-refractivity contribution >= 4 is 23.7 Å². The van der Waals surface area contributed by atoms with Crippen LogP contribution in [-0.2, 0) is 34.0 Å². The summed E-state index contributed by atoms with van der Waals surface area (Å²) in [5, 5.41) is 0. The van der Waals surface area contributed by atoms with E-state index >= 15 is 0 Å². The topological polar surface area (TPSA) is 88.1 Å². The van der Waals surface area contributed by atoms with Crippen LogP contribution in [0.3, 0.4) is 0 Å². The second-order valence-electron chi connectivity index (χ2n) is 6.93. The normalized spacial score (nSPS) is 13.8. The van der Waals surface area contributed by atoms with E-state index in [9.17, 15) is 14.4 Å². The molecule has 0 aliphatic heterocycles. The lowest BCUT2D eigenvalue weighted by Crippen LogP contribution is -2.47. The Labute approximate surface area is 186 Å². The lowest BCUT2D eigenvalue weighted by molar-refractivity contribution is -0.162.